The number of benzene rings is 1. The number of aryl methyl sites for hydroxylation is 1. The first kappa shape index (κ1) is 13.1. The van der Waals surface area contributed by atoms with Gasteiger partial charge in [0.25, 0.3) is 0 Å². The lowest BCUT2D eigenvalue weighted by molar-refractivity contribution is -0.120. The van der Waals surface area contributed by atoms with Crippen molar-refractivity contribution in [3.8, 4) is 0 Å². The Kier molecular flexibility index (Phi) is 4.37. The lowest BCUT2D eigenvalue weighted by Gasteiger charge is -2.33. The molecule has 1 aromatic rings. The van der Waals surface area contributed by atoms with Gasteiger partial charge in [-0.3, -0.25) is 9.69 Å². The summed E-state index contributed by atoms with van der Waals surface area (Å²) in [4.78, 5) is 13.5. The SMILES string of the molecule is CC(=O)NC1CCCN(Cc2cccc(C)c2)C1. The molecule has 1 amide bonds. The average molecular weight is 246 g/mol. The van der Waals surface area contributed by atoms with Crippen LogP contribution in [0.15, 0.2) is 24.3 Å². The summed E-state index contributed by atoms with van der Waals surface area (Å²) >= 11 is 0. The van der Waals surface area contributed by atoms with Gasteiger partial charge in [-0.1, -0.05) is 29.8 Å². The number of hydrogen-bond donors (Lipinski definition) is 1. The minimum absolute atomic E-state index is 0.0809. The molecule has 1 aliphatic heterocycles. The van der Waals surface area contributed by atoms with Crippen LogP contribution in [0.5, 0.6) is 0 Å². The van der Waals surface area contributed by atoms with Gasteiger partial charge in [-0.2, -0.15) is 0 Å². The van der Waals surface area contributed by atoms with Gasteiger partial charge in [0, 0.05) is 26.1 Å². The Bertz CT molecular complexity index is 417. The average Bonchev–Trinajstić information content (AvgIpc) is 2.28. The molecule has 0 spiro atoms. The fourth-order valence-electron chi connectivity index (χ4n) is 2.67. The minimum atomic E-state index is 0.0809. The maximum atomic E-state index is 11.1. The van der Waals surface area contributed by atoms with Crippen LogP contribution in [0.4, 0.5) is 0 Å². The fraction of sp³-hybridized carbons (Fsp3) is 0.533. The van der Waals surface area contributed by atoms with E-state index in [0.717, 1.165) is 32.5 Å². The summed E-state index contributed by atoms with van der Waals surface area (Å²) in [5, 5.41) is 3.03. The minimum Gasteiger partial charge on any atom is -0.352 e. The van der Waals surface area contributed by atoms with E-state index in [-0.39, 0.29) is 5.91 Å². The van der Waals surface area contributed by atoms with E-state index < -0.39 is 0 Å². The number of likely N-dealkylation sites (tertiary alicyclic amines) is 1. The van der Waals surface area contributed by atoms with Crippen LogP contribution in [0.2, 0.25) is 0 Å². The molecule has 1 unspecified atom stereocenters. The Balaban J connectivity index is 1.91. The van der Waals surface area contributed by atoms with Gasteiger partial charge in [-0.15, -0.1) is 0 Å². The van der Waals surface area contributed by atoms with Crippen LogP contribution in [0.25, 0.3) is 0 Å². The molecule has 2 rings (SSSR count). The lowest BCUT2D eigenvalue weighted by atomic mass is 10.0. The van der Waals surface area contributed by atoms with Crippen LogP contribution in [-0.2, 0) is 11.3 Å². The van der Waals surface area contributed by atoms with E-state index >= 15 is 0 Å². The monoisotopic (exact) mass is 246 g/mol. The summed E-state index contributed by atoms with van der Waals surface area (Å²) < 4.78 is 0. The lowest BCUT2D eigenvalue weighted by Crippen LogP contribution is -2.46. The predicted molar refractivity (Wildman–Crippen MR) is 73.3 cm³/mol. The topological polar surface area (TPSA) is 32.3 Å². The maximum absolute atomic E-state index is 11.1. The molecule has 3 heteroatoms. The largest absolute Gasteiger partial charge is 0.352 e. The number of piperidine rings is 1. The first-order valence-electron chi connectivity index (χ1n) is 6.68. The smallest absolute Gasteiger partial charge is 0.217 e. The number of nitrogens with one attached hydrogen (secondary N) is 1. The second-order valence-electron chi connectivity index (χ2n) is 5.26. The Morgan fingerprint density at radius 3 is 3.06 bits per heavy atom. The summed E-state index contributed by atoms with van der Waals surface area (Å²) in [5.74, 6) is 0.0809. The van der Waals surface area contributed by atoms with E-state index in [9.17, 15) is 4.79 Å². The molecule has 1 aliphatic rings. The molecule has 3 nitrogen and oxygen atoms in total. The van der Waals surface area contributed by atoms with Gasteiger partial charge in [-0.05, 0) is 31.9 Å². The third-order valence-corrected chi connectivity index (χ3v) is 3.40. The maximum Gasteiger partial charge on any atom is 0.217 e. The normalized spacial score (nSPS) is 20.7. The zero-order valence-corrected chi connectivity index (χ0v) is 11.3. The number of carbonyl (C=O) groups is 1. The zero-order chi connectivity index (χ0) is 13.0. The number of hydrogen-bond acceptors (Lipinski definition) is 2. The molecule has 0 saturated carbocycles. The summed E-state index contributed by atoms with van der Waals surface area (Å²) in [7, 11) is 0. The van der Waals surface area contributed by atoms with Crippen molar-refractivity contribution in [1.82, 2.24) is 10.2 Å². The van der Waals surface area contributed by atoms with Crippen molar-refractivity contribution < 1.29 is 4.79 Å². The van der Waals surface area contributed by atoms with Crippen LogP contribution in [-0.4, -0.2) is 29.9 Å². The van der Waals surface area contributed by atoms with E-state index in [1.165, 1.54) is 11.1 Å². The zero-order valence-electron chi connectivity index (χ0n) is 11.3. The molecule has 18 heavy (non-hydrogen) atoms. The first-order chi connectivity index (χ1) is 8.63. The van der Waals surface area contributed by atoms with Crippen molar-refractivity contribution in [3.05, 3.63) is 35.4 Å². The Labute approximate surface area is 109 Å². The van der Waals surface area contributed by atoms with Crippen LogP contribution >= 0.6 is 0 Å². The van der Waals surface area contributed by atoms with Crippen molar-refractivity contribution in [2.45, 2.75) is 39.3 Å². The van der Waals surface area contributed by atoms with Crippen LogP contribution < -0.4 is 5.32 Å². The van der Waals surface area contributed by atoms with Gasteiger partial charge in [0.15, 0.2) is 0 Å². The molecule has 0 bridgehead atoms. The summed E-state index contributed by atoms with van der Waals surface area (Å²) in [6, 6.07) is 8.97. The van der Waals surface area contributed by atoms with Gasteiger partial charge in [0.05, 0.1) is 0 Å². The Morgan fingerprint density at radius 1 is 1.50 bits per heavy atom. The number of rotatable bonds is 3. The molecule has 1 N–H and O–H groups in total. The number of carbonyl (C=O) groups excluding carboxylic acids is 1. The van der Waals surface area contributed by atoms with Crippen LogP contribution in [0, 0.1) is 6.92 Å². The molecular formula is C15H22N2O. The van der Waals surface area contributed by atoms with Gasteiger partial charge in [0.1, 0.15) is 0 Å². The van der Waals surface area contributed by atoms with Gasteiger partial charge < -0.3 is 5.32 Å². The molecular weight excluding hydrogens is 224 g/mol. The highest BCUT2D eigenvalue weighted by atomic mass is 16.1. The van der Waals surface area contributed by atoms with E-state index in [0.29, 0.717) is 6.04 Å². The summed E-state index contributed by atoms with van der Waals surface area (Å²) in [5.41, 5.74) is 2.67. The van der Waals surface area contributed by atoms with E-state index in [4.69, 9.17) is 0 Å². The van der Waals surface area contributed by atoms with Crippen molar-refractivity contribution in [2.24, 2.45) is 0 Å². The van der Waals surface area contributed by atoms with Gasteiger partial charge in [0.2, 0.25) is 5.91 Å². The molecule has 0 aliphatic carbocycles. The summed E-state index contributed by atoms with van der Waals surface area (Å²) in [6.07, 6.45) is 2.26. The molecule has 1 fully saturated rings. The molecule has 1 atom stereocenters. The molecule has 98 valence electrons. The van der Waals surface area contributed by atoms with Crippen molar-refractivity contribution in [3.63, 3.8) is 0 Å². The third kappa shape index (κ3) is 3.84. The van der Waals surface area contributed by atoms with Gasteiger partial charge >= 0.3 is 0 Å². The van der Waals surface area contributed by atoms with Crippen molar-refractivity contribution >= 4 is 5.91 Å². The standard InChI is InChI=1S/C15H22N2O/c1-12-5-3-6-14(9-12)10-17-8-4-7-15(11-17)16-13(2)18/h3,5-6,9,15H,4,7-8,10-11H2,1-2H3,(H,16,18). The third-order valence-electron chi connectivity index (χ3n) is 3.40. The highest BCUT2D eigenvalue weighted by Crippen LogP contribution is 2.14. The quantitative estimate of drug-likeness (QED) is 0.885. The molecule has 1 aromatic carbocycles. The van der Waals surface area contributed by atoms with Crippen LogP contribution in [0.3, 0.4) is 0 Å². The molecule has 1 heterocycles. The van der Waals surface area contributed by atoms with E-state index in [1.807, 2.05) is 0 Å². The fourth-order valence-corrected chi connectivity index (χ4v) is 2.67. The van der Waals surface area contributed by atoms with Gasteiger partial charge in [-0.25, -0.2) is 0 Å². The molecule has 0 radical (unpaired) electrons. The van der Waals surface area contributed by atoms with Crippen molar-refractivity contribution in [2.75, 3.05) is 13.1 Å². The second kappa shape index (κ2) is 6.01. The first-order valence-corrected chi connectivity index (χ1v) is 6.68. The highest BCUT2D eigenvalue weighted by Gasteiger charge is 2.20. The van der Waals surface area contributed by atoms with E-state index in [1.54, 1.807) is 6.92 Å². The van der Waals surface area contributed by atoms with Crippen LogP contribution in [0.1, 0.15) is 30.9 Å². The molecule has 1 saturated heterocycles. The number of nitrogens with zero attached hydrogens (tertiary/aromatic N) is 1. The highest BCUT2D eigenvalue weighted by molar-refractivity contribution is 5.73. The Morgan fingerprint density at radius 2 is 2.33 bits per heavy atom. The summed E-state index contributed by atoms with van der Waals surface area (Å²) in [6.45, 7) is 6.80. The predicted octanol–water partition coefficient (Wildman–Crippen LogP) is 2.10. The van der Waals surface area contributed by atoms with E-state index in [2.05, 4.69) is 41.4 Å². The Hall–Kier alpha value is -1.35. The van der Waals surface area contributed by atoms with Crippen molar-refractivity contribution in [1.29, 1.82) is 0 Å². The molecule has 0 aromatic heterocycles. The number of amides is 1. The second-order valence-corrected chi connectivity index (χ2v) is 5.26.